The van der Waals surface area contributed by atoms with Crippen molar-refractivity contribution in [2.24, 2.45) is 10.9 Å². The van der Waals surface area contributed by atoms with Gasteiger partial charge in [0.15, 0.2) is 5.84 Å². The first kappa shape index (κ1) is 18.5. The average molecular weight is 521 g/mol. The molecule has 6 nitrogen and oxygen atoms in total. The molecule has 2 radical (unpaired) electrons. The number of hydrogen-bond acceptors (Lipinski definition) is 4. The second kappa shape index (κ2) is 6.58. The molecule has 1 aromatic heterocycles. The normalized spacial score (nSPS) is 19.8. The molecule has 24 heavy (non-hydrogen) atoms. The van der Waals surface area contributed by atoms with E-state index in [9.17, 15) is 14.7 Å². The maximum atomic E-state index is 12.3. The van der Waals surface area contributed by atoms with E-state index in [0.29, 0.717) is 5.52 Å². The second-order valence-corrected chi connectivity index (χ2v) is 6.10. The number of amides is 1. The monoisotopic (exact) mass is 521 g/mol. The summed E-state index contributed by atoms with van der Waals surface area (Å²) in [6.45, 7) is 5.54. The molecule has 0 saturated heterocycles. The standard InChI is InChI=1S/C17H17N3O3.Pb.2H/c1-9(2)17(3)16(23)19-14(20-17)13-11(15(21)22)8-10-6-4-5-7-12(10)18-13;;;/h4-9H,1-3H3,(H,21,22)(H,19,20,23);;;. The first-order valence-corrected chi connectivity index (χ1v) is 7.37. The van der Waals surface area contributed by atoms with Gasteiger partial charge in [-0.1, -0.05) is 32.0 Å². The van der Waals surface area contributed by atoms with Crippen LogP contribution in [-0.4, -0.2) is 60.6 Å². The molecule has 0 fully saturated rings. The summed E-state index contributed by atoms with van der Waals surface area (Å²) in [7, 11) is 0. The van der Waals surface area contributed by atoms with Gasteiger partial charge in [-0.15, -0.1) is 0 Å². The third kappa shape index (κ3) is 2.94. The van der Waals surface area contributed by atoms with Gasteiger partial charge < -0.3 is 10.4 Å². The minimum atomic E-state index is -1.10. The molecular formula is C17H19N3O3Pb. The molecule has 1 atom stereocenters. The summed E-state index contributed by atoms with van der Waals surface area (Å²) < 4.78 is 0. The van der Waals surface area contributed by atoms with Crippen LogP contribution in [0, 0.1) is 5.92 Å². The summed E-state index contributed by atoms with van der Waals surface area (Å²) in [6, 6.07) is 8.79. The topological polar surface area (TPSA) is 91.7 Å². The molecule has 124 valence electrons. The van der Waals surface area contributed by atoms with E-state index in [1.165, 1.54) is 0 Å². The molecule has 2 heterocycles. The number of benzene rings is 1. The van der Waals surface area contributed by atoms with Gasteiger partial charge in [0, 0.05) is 5.39 Å². The fourth-order valence-electron chi connectivity index (χ4n) is 2.51. The Hall–Kier alpha value is -1.84. The number of carbonyl (C=O) groups is 2. The van der Waals surface area contributed by atoms with Crippen molar-refractivity contribution in [3.63, 3.8) is 0 Å². The number of carboxylic acid groups (broad SMARTS) is 1. The Kier molecular flexibility index (Phi) is 5.07. The summed E-state index contributed by atoms with van der Waals surface area (Å²) in [5.41, 5.74) is -0.0504. The van der Waals surface area contributed by atoms with Crippen LogP contribution in [0.3, 0.4) is 0 Å². The molecule has 2 N–H and O–H groups in total. The Labute approximate surface area is 159 Å². The van der Waals surface area contributed by atoms with Crippen LogP contribution in [0.15, 0.2) is 35.3 Å². The Morgan fingerprint density at radius 3 is 2.54 bits per heavy atom. The number of hydrogen-bond donors (Lipinski definition) is 2. The molecule has 1 unspecified atom stereocenters. The quantitative estimate of drug-likeness (QED) is 0.598. The number of carboxylic acids is 1. The van der Waals surface area contributed by atoms with Crippen molar-refractivity contribution in [3.05, 3.63) is 41.6 Å². The van der Waals surface area contributed by atoms with Crippen molar-refractivity contribution in [3.8, 4) is 0 Å². The Balaban J connectivity index is 0.00000208. The van der Waals surface area contributed by atoms with Crippen molar-refractivity contribution in [1.82, 2.24) is 10.3 Å². The second-order valence-electron chi connectivity index (χ2n) is 6.10. The fraction of sp³-hybridized carbons (Fsp3) is 0.294. The van der Waals surface area contributed by atoms with Crippen LogP contribution in [-0.2, 0) is 4.79 Å². The number of aromatic nitrogens is 1. The van der Waals surface area contributed by atoms with Gasteiger partial charge in [-0.25, -0.2) is 14.8 Å². The van der Waals surface area contributed by atoms with E-state index >= 15 is 0 Å². The van der Waals surface area contributed by atoms with Crippen LogP contribution in [0.4, 0.5) is 0 Å². The molecule has 1 aliphatic rings. The van der Waals surface area contributed by atoms with E-state index in [1.807, 2.05) is 26.0 Å². The van der Waals surface area contributed by atoms with E-state index in [0.717, 1.165) is 5.39 Å². The molecule has 1 aromatic carbocycles. The number of fused-ring (bicyclic) bond motifs is 1. The molecule has 3 rings (SSSR count). The Bertz CT molecular complexity index is 863. The first-order chi connectivity index (χ1) is 10.8. The van der Waals surface area contributed by atoms with Gasteiger partial charge in [-0.3, -0.25) is 4.79 Å². The van der Waals surface area contributed by atoms with E-state index in [4.69, 9.17) is 0 Å². The number of rotatable bonds is 3. The van der Waals surface area contributed by atoms with Crippen LogP contribution in [0.1, 0.15) is 36.8 Å². The van der Waals surface area contributed by atoms with E-state index < -0.39 is 11.5 Å². The summed E-state index contributed by atoms with van der Waals surface area (Å²) in [6.07, 6.45) is 0. The molecule has 0 bridgehead atoms. The van der Waals surface area contributed by atoms with Crippen molar-refractivity contribution < 1.29 is 14.7 Å². The summed E-state index contributed by atoms with van der Waals surface area (Å²) in [5.74, 6) is -1.15. The van der Waals surface area contributed by atoms with Gasteiger partial charge in [0.2, 0.25) is 0 Å². The predicted molar refractivity (Wildman–Crippen MR) is 95.2 cm³/mol. The summed E-state index contributed by atoms with van der Waals surface area (Å²) in [4.78, 5) is 32.7. The number of nitrogens with one attached hydrogen (secondary N) is 1. The Morgan fingerprint density at radius 2 is 1.96 bits per heavy atom. The van der Waals surface area contributed by atoms with Gasteiger partial charge in [-0.2, -0.15) is 0 Å². The van der Waals surface area contributed by atoms with Gasteiger partial charge >= 0.3 is 33.3 Å². The molecule has 0 saturated carbocycles. The minimum absolute atomic E-state index is 0. The first-order valence-electron chi connectivity index (χ1n) is 7.37. The third-order valence-electron chi connectivity index (χ3n) is 4.34. The molecular weight excluding hydrogens is 501 g/mol. The molecule has 7 heteroatoms. The maximum absolute atomic E-state index is 12.3. The zero-order valence-electron chi connectivity index (χ0n) is 13.8. The van der Waals surface area contributed by atoms with E-state index in [1.54, 1.807) is 25.1 Å². The number of nitrogens with zero attached hydrogens (tertiary/aromatic N) is 2. The molecule has 0 aliphatic carbocycles. The molecule has 1 amide bonds. The van der Waals surface area contributed by atoms with Gasteiger partial charge in [-0.05, 0) is 25.0 Å². The molecule has 2 aromatic rings. The summed E-state index contributed by atoms with van der Waals surface area (Å²) >= 11 is 0. The van der Waals surface area contributed by atoms with Gasteiger partial charge in [0.05, 0.1) is 11.1 Å². The zero-order valence-corrected chi connectivity index (χ0v) is 19.3. The van der Waals surface area contributed by atoms with E-state index in [-0.39, 0.29) is 56.2 Å². The van der Waals surface area contributed by atoms with Crippen LogP contribution in [0.25, 0.3) is 10.9 Å². The van der Waals surface area contributed by atoms with Crippen LogP contribution >= 0.6 is 0 Å². The predicted octanol–water partition coefficient (Wildman–Crippen LogP) is 1.31. The van der Waals surface area contributed by atoms with Crippen LogP contribution in [0.2, 0.25) is 0 Å². The van der Waals surface area contributed by atoms with Crippen molar-refractivity contribution in [1.29, 1.82) is 0 Å². The van der Waals surface area contributed by atoms with Crippen molar-refractivity contribution >= 4 is 55.9 Å². The average Bonchev–Trinajstić information content (AvgIpc) is 2.82. The number of amidine groups is 1. The number of aliphatic imine (C=N–C) groups is 1. The van der Waals surface area contributed by atoms with Crippen LogP contribution in [0.5, 0.6) is 0 Å². The number of pyridine rings is 1. The molecule has 0 spiro atoms. The van der Waals surface area contributed by atoms with E-state index in [2.05, 4.69) is 15.3 Å². The van der Waals surface area contributed by atoms with Crippen LogP contribution < -0.4 is 5.32 Å². The van der Waals surface area contributed by atoms with Crippen molar-refractivity contribution in [2.45, 2.75) is 26.3 Å². The fourth-order valence-corrected chi connectivity index (χ4v) is 2.51. The molecule has 1 aliphatic heterocycles. The Morgan fingerprint density at radius 1 is 1.29 bits per heavy atom. The third-order valence-corrected chi connectivity index (χ3v) is 4.34. The summed E-state index contributed by atoms with van der Waals surface area (Å²) in [5, 5.41) is 12.9. The SMILES string of the molecule is CC(C)C1(C)N=C(c2nc3ccccc3cc2C(=O)O)NC1=O.[PbH2]. The zero-order chi connectivity index (χ0) is 16.8. The number of aromatic carboxylic acids is 1. The number of carbonyl (C=O) groups excluding carboxylic acids is 1. The van der Waals surface area contributed by atoms with Gasteiger partial charge in [0.1, 0.15) is 11.2 Å². The number of para-hydroxylation sites is 1. The van der Waals surface area contributed by atoms with Gasteiger partial charge in [0.25, 0.3) is 5.91 Å². The van der Waals surface area contributed by atoms with Crippen molar-refractivity contribution in [2.75, 3.05) is 0 Å².